The molecule has 14 heteroatoms. The fourth-order valence-electron chi connectivity index (χ4n) is 5.02. The number of hydrogen-bond acceptors (Lipinski definition) is 12. The first-order valence-electron chi connectivity index (χ1n) is 12.7. The molecule has 0 fully saturated rings. The van der Waals surface area contributed by atoms with Crippen molar-refractivity contribution in [2.45, 2.75) is 37.3 Å². The van der Waals surface area contributed by atoms with E-state index in [1.165, 1.54) is 28.4 Å². The van der Waals surface area contributed by atoms with Crippen LogP contribution in [0.2, 0.25) is 0 Å². The fourth-order valence-corrected chi connectivity index (χ4v) is 10.1. The number of hydrogen-bond donors (Lipinski definition) is 1. The zero-order chi connectivity index (χ0) is 31.1. The molecule has 1 aromatic rings. The van der Waals surface area contributed by atoms with Crippen LogP contribution in [-0.4, -0.2) is 74.5 Å². The van der Waals surface area contributed by atoms with Crippen molar-refractivity contribution in [3.63, 3.8) is 0 Å². The molecule has 42 heavy (non-hydrogen) atoms. The maximum Gasteiger partial charge on any atom is 0.345 e. The Balaban J connectivity index is 2.17. The fraction of sp³-hybridized carbons (Fsp3) is 0.393. The van der Waals surface area contributed by atoms with E-state index in [-0.39, 0.29) is 26.3 Å². The van der Waals surface area contributed by atoms with Crippen molar-refractivity contribution in [2.24, 2.45) is 0 Å². The Morgan fingerprint density at radius 1 is 0.833 bits per heavy atom. The molecule has 2 amide bonds. The lowest BCUT2D eigenvalue weighted by atomic mass is 9.83. The van der Waals surface area contributed by atoms with Crippen LogP contribution in [0.25, 0.3) is 5.57 Å². The summed E-state index contributed by atoms with van der Waals surface area (Å²) < 4.78 is 18.7. The number of benzene rings is 1. The summed E-state index contributed by atoms with van der Waals surface area (Å²) >= 11 is 2.77. The molecule has 0 atom stereocenters. The van der Waals surface area contributed by atoms with Gasteiger partial charge in [-0.05, 0) is 39.8 Å². The van der Waals surface area contributed by atoms with Crippen LogP contribution in [0, 0.1) is 6.92 Å². The minimum Gasteiger partial charge on any atom is -0.466 e. The van der Waals surface area contributed by atoms with Crippen molar-refractivity contribution >= 4 is 76.5 Å². The minimum atomic E-state index is -1.61. The molecule has 3 heterocycles. The molecule has 1 N–H and O–H groups in total. The number of carbonyl (C=O) groups excluding carboxylic acids is 5. The summed E-state index contributed by atoms with van der Waals surface area (Å²) in [5.41, 5.74) is 1.28. The van der Waals surface area contributed by atoms with Crippen LogP contribution in [-0.2, 0) is 38.1 Å². The third-order valence-electron chi connectivity index (χ3n) is 6.82. The van der Waals surface area contributed by atoms with Crippen molar-refractivity contribution in [1.82, 2.24) is 5.32 Å². The molecule has 11 nitrogen and oxygen atoms in total. The summed E-state index contributed by atoms with van der Waals surface area (Å²) in [5.74, 6) is -3.33. The maximum absolute atomic E-state index is 13.6. The van der Waals surface area contributed by atoms with Crippen molar-refractivity contribution in [2.75, 3.05) is 39.9 Å². The number of fused-ring (bicyclic) bond motifs is 3. The Labute approximate surface area is 255 Å². The molecule has 3 aliphatic heterocycles. The van der Waals surface area contributed by atoms with Crippen LogP contribution in [0.15, 0.2) is 43.4 Å². The molecule has 224 valence electrons. The first-order chi connectivity index (χ1) is 19.8. The third kappa shape index (κ3) is 4.78. The number of rotatable bonds is 5. The summed E-state index contributed by atoms with van der Waals surface area (Å²) in [6.45, 7) is 7.69. The predicted octanol–water partition coefficient (Wildman–Crippen LogP) is 4.12. The summed E-state index contributed by atoms with van der Waals surface area (Å²) in [4.78, 5) is 68.5. The van der Waals surface area contributed by atoms with Gasteiger partial charge in [0.25, 0.3) is 0 Å². The number of anilines is 1. The highest BCUT2D eigenvalue weighted by molar-refractivity contribution is 8.26. The van der Waals surface area contributed by atoms with E-state index in [1.54, 1.807) is 17.9 Å². The molecule has 3 aliphatic rings. The first kappa shape index (κ1) is 31.6. The molecular weight excluding hydrogens is 605 g/mol. The number of esters is 4. The summed E-state index contributed by atoms with van der Waals surface area (Å²) in [6.07, 6.45) is 0. The number of carbonyl (C=O) groups is 5. The molecular formula is C28H30N2O9S3. The first-order valence-corrected chi connectivity index (χ1v) is 15.1. The molecule has 1 aromatic carbocycles. The molecule has 0 aliphatic carbocycles. The van der Waals surface area contributed by atoms with E-state index in [2.05, 4.69) is 5.32 Å². The average Bonchev–Trinajstić information content (AvgIpc) is 3.35. The molecule has 4 rings (SSSR count). The lowest BCUT2D eigenvalue weighted by molar-refractivity contribution is -0.138. The monoisotopic (exact) mass is 634 g/mol. The van der Waals surface area contributed by atoms with E-state index < -0.39 is 33.5 Å². The number of amides is 2. The number of nitrogens with one attached hydrogen (secondary N) is 1. The van der Waals surface area contributed by atoms with Crippen LogP contribution in [0.5, 0.6) is 0 Å². The lowest BCUT2D eigenvalue weighted by Crippen LogP contribution is -2.56. The van der Waals surface area contributed by atoms with Crippen LogP contribution in [0.3, 0.4) is 0 Å². The second-order valence-corrected chi connectivity index (χ2v) is 13.4. The Morgan fingerprint density at radius 3 is 1.86 bits per heavy atom. The highest BCUT2D eigenvalue weighted by atomic mass is 32.2. The van der Waals surface area contributed by atoms with E-state index in [4.69, 9.17) is 18.9 Å². The number of ether oxygens (including phenoxy) is 4. The quantitative estimate of drug-likeness (QED) is 0.369. The second-order valence-electron chi connectivity index (χ2n) is 9.71. The Bertz CT molecular complexity index is 1480. The summed E-state index contributed by atoms with van der Waals surface area (Å²) in [7, 11) is 4.70. The van der Waals surface area contributed by atoms with Gasteiger partial charge in [-0.25, -0.2) is 24.0 Å². The average molecular weight is 635 g/mol. The summed E-state index contributed by atoms with van der Waals surface area (Å²) in [6, 6.07) is 5.16. The number of thioether (sulfide) groups is 3. The number of methoxy groups -OCH3 is 4. The Morgan fingerprint density at radius 2 is 1.36 bits per heavy atom. The van der Waals surface area contributed by atoms with Gasteiger partial charge in [0.2, 0.25) is 0 Å². The van der Waals surface area contributed by atoms with Gasteiger partial charge in [0.1, 0.15) is 18.8 Å². The van der Waals surface area contributed by atoms with Gasteiger partial charge in [-0.2, -0.15) is 0 Å². The largest absolute Gasteiger partial charge is 0.466 e. The van der Waals surface area contributed by atoms with Crippen LogP contribution in [0.1, 0.15) is 31.9 Å². The van der Waals surface area contributed by atoms with Crippen LogP contribution in [0.4, 0.5) is 10.5 Å². The molecule has 0 bridgehead atoms. The van der Waals surface area contributed by atoms with E-state index in [0.717, 1.165) is 40.8 Å². The van der Waals surface area contributed by atoms with Gasteiger partial charge < -0.3 is 24.3 Å². The van der Waals surface area contributed by atoms with E-state index in [0.29, 0.717) is 28.3 Å². The van der Waals surface area contributed by atoms with E-state index in [1.807, 2.05) is 32.9 Å². The van der Waals surface area contributed by atoms with Crippen molar-refractivity contribution < 1.29 is 42.9 Å². The number of nitrogens with zero attached hydrogens (tertiary/aromatic N) is 1. The predicted molar refractivity (Wildman–Crippen MR) is 161 cm³/mol. The molecule has 0 aromatic heterocycles. The Hall–Kier alpha value is -3.36. The van der Waals surface area contributed by atoms with E-state index >= 15 is 0 Å². The van der Waals surface area contributed by atoms with Gasteiger partial charge >= 0.3 is 29.9 Å². The number of urea groups is 1. The highest BCUT2D eigenvalue weighted by Gasteiger charge is 2.61. The summed E-state index contributed by atoms with van der Waals surface area (Å²) in [5, 5.41) is 2.86. The van der Waals surface area contributed by atoms with Gasteiger partial charge in [-0.3, -0.25) is 4.90 Å². The van der Waals surface area contributed by atoms with Gasteiger partial charge in [0, 0.05) is 22.6 Å². The standard InChI is InChI=1S/C28H30N2O9S3/c1-9-29-26(35)30-15-11-10-13(2)12-14(15)16-21(27(30,3)4)40-18(23(32)37-6)17(22(31)36-5)28(16)41-19(24(33)38-7)20(42-28)25(34)39-8/h10-12H,9H2,1-8H3,(H,29,35). The van der Waals surface area contributed by atoms with Crippen LogP contribution < -0.4 is 10.2 Å². The maximum atomic E-state index is 13.6. The van der Waals surface area contributed by atoms with Gasteiger partial charge in [-0.15, -0.1) is 0 Å². The van der Waals surface area contributed by atoms with Gasteiger partial charge in [0.15, 0.2) is 0 Å². The SMILES string of the molecule is CCNC(=O)N1c2ccc(C)cc2C2=C(SC(C(=O)OC)=C(C(=O)OC)C23SC(C(=O)OC)=C(C(=O)OC)S3)C1(C)C. The lowest BCUT2D eigenvalue weighted by Gasteiger charge is -2.50. The smallest absolute Gasteiger partial charge is 0.345 e. The van der Waals surface area contributed by atoms with Crippen molar-refractivity contribution in [1.29, 1.82) is 0 Å². The van der Waals surface area contributed by atoms with Crippen molar-refractivity contribution in [3.8, 4) is 0 Å². The highest BCUT2D eigenvalue weighted by Crippen LogP contribution is 2.71. The topological polar surface area (TPSA) is 138 Å². The second kappa shape index (κ2) is 11.7. The zero-order valence-corrected chi connectivity index (χ0v) is 26.7. The van der Waals surface area contributed by atoms with Crippen LogP contribution >= 0.6 is 35.3 Å². The molecule has 0 saturated carbocycles. The van der Waals surface area contributed by atoms with Crippen molar-refractivity contribution in [3.05, 3.63) is 54.5 Å². The minimum absolute atomic E-state index is 0.0986. The molecule has 0 radical (unpaired) electrons. The molecule has 0 saturated heterocycles. The number of aryl methyl sites for hydroxylation is 1. The normalized spacial score (nSPS) is 18.3. The zero-order valence-electron chi connectivity index (χ0n) is 24.3. The van der Waals surface area contributed by atoms with E-state index in [9.17, 15) is 24.0 Å². The van der Waals surface area contributed by atoms with Gasteiger partial charge in [0.05, 0.1) is 45.2 Å². The molecule has 1 spiro atoms. The third-order valence-corrected chi connectivity index (χ3v) is 11.5. The Kier molecular flexibility index (Phi) is 8.82. The van der Waals surface area contributed by atoms with Gasteiger partial charge in [-0.1, -0.05) is 46.9 Å². The molecule has 0 unspecified atom stereocenters.